The zero-order valence-corrected chi connectivity index (χ0v) is 24.0. The molecule has 0 aliphatic carbocycles. The van der Waals surface area contributed by atoms with Crippen LogP contribution in [0.5, 0.6) is 0 Å². The molecule has 1 N–H and O–H groups in total. The second kappa shape index (κ2) is 26.6. The molecule has 0 radical (unpaired) electrons. The first-order valence-electron chi connectivity index (χ1n) is 14.7. The van der Waals surface area contributed by atoms with Gasteiger partial charge < -0.3 is 24.1 Å². The largest absolute Gasteiger partial charge is 0.391 e. The fourth-order valence-electron chi connectivity index (χ4n) is 3.75. The van der Waals surface area contributed by atoms with Crippen molar-refractivity contribution in [2.45, 2.75) is 149 Å². The van der Waals surface area contributed by atoms with Crippen molar-refractivity contribution in [1.29, 1.82) is 0 Å². The molecule has 0 aromatic heterocycles. The normalized spacial score (nSPS) is 15.5. The van der Waals surface area contributed by atoms with Crippen molar-refractivity contribution in [2.24, 2.45) is 0 Å². The Morgan fingerprint density at radius 3 is 1.49 bits per heavy atom. The summed E-state index contributed by atoms with van der Waals surface area (Å²) in [5, 5.41) is 9.24. The van der Waals surface area contributed by atoms with E-state index in [1.807, 2.05) is 20.8 Å². The summed E-state index contributed by atoms with van der Waals surface area (Å²) < 4.78 is 22.9. The van der Waals surface area contributed by atoms with Crippen LogP contribution in [0, 0.1) is 0 Å². The van der Waals surface area contributed by atoms with E-state index in [-0.39, 0.29) is 18.3 Å². The molecule has 0 spiro atoms. The van der Waals surface area contributed by atoms with E-state index in [2.05, 4.69) is 19.1 Å². The Morgan fingerprint density at radius 1 is 0.543 bits per heavy atom. The lowest BCUT2D eigenvalue weighted by atomic mass is 10.1. The Balaban J connectivity index is 3.36. The maximum absolute atomic E-state index is 9.24. The lowest BCUT2D eigenvalue weighted by molar-refractivity contribution is -0.0867. The lowest BCUT2D eigenvalue weighted by Crippen LogP contribution is -2.27. The van der Waals surface area contributed by atoms with Gasteiger partial charge in [-0.25, -0.2) is 0 Å². The van der Waals surface area contributed by atoms with Crippen molar-refractivity contribution in [1.82, 2.24) is 0 Å². The molecule has 4 unspecified atom stereocenters. The number of allylic oxidation sites excluding steroid dienone is 2. The molecule has 0 aromatic rings. The topological polar surface area (TPSA) is 57.2 Å². The predicted molar refractivity (Wildman–Crippen MR) is 148 cm³/mol. The van der Waals surface area contributed by atoms with E-state index in [1.54, 1.807) is 6.92 Å². The van der Waals surface area contributed by atoms with Crippen molar-refractivity contribution < 1.29 is 24.1 Å². The SMILES string of the molecule is CCCCCCCCC=CCCCCCCCCOCC(C)OCC(C)OCC(C)OCC(C)O. The number of ether oxygens (including phenoxy) is 4. The molecule has 0 aliphatic heterocycles. The molecule has 0 fully saturated rings. The van der Waals surface area contributed by atoms with Crippen LogP contribution in [-0.4, -0.2) is 62.6 Å². The molecule has 0 amide bonds. The number of hydrogen-bond donors (Lipinski definition) is 1. The summed E-state index contributed by atoms with van der Waals surface area (Å²) in [4.78, 5) is 0. The average molecular weight is 501 g/mol. The van der Waals surface area contributed by atoms with Crippen LogP contribution in [0.4, 0.5) is 0 Å². The molecule has 0 heterocycles. The third-order valence-electron chi connectivity index (χ3n) is 6.01. The van der Waals surface area contributed by atoms with Crippen LogP contribution < -0.4 is 0 Å². The van der Waals surface area contributed by atoms with Crippen LogP contribution in [-0.2, 0) is 18.9 Å². The second-order valence-electron chi connectivity index (χ2n) is 10.3. The zero-order valence-electron chi connectivity index (χ0n) is 24.0. The van der Waals surface area contributed by atoms with Gasteiger partial charge in [0, 0.05) is 6.61 Å². The molecule has 0 saturated carbocycles. The molecule has 5 nitrogen and oxygen atoms in total. The summed E-state index contributed by atoms with van der Waals surface area (Å²) in [7, 11) is 0. The number of rotatable bonds is 27. The quantitative estimate of drug-likeness (QED) is 0.0927. The monoisotopic (exact) mass is 500 g/mol. The highest BCUT2D eigenvalue weighted by Crippen LogP contribution is 2.10. The molecular weight excluding hydrogens is 440 g/mol. The fourth-order valence-corrected chi connectivity index (χ4v) is 3.75. The van der Waals surface area contributed by atoms with Gasteiger partial charge in [0.05, 0.1) is 50.8 Å². The lowest BCUT2D eigenvalue weighted by Gasteiger charge is -2.20. The summed E-state index contributed by atoms with van der Waals surface area (Å²) in [5.41, 5.74) is 0. The maximum Gasteiger partial charge on any atom is 0.0781 e. The number of aliphatic hydroxyl groups excluding tert-OH is 1. The smallest absolute Gasteiger partial charge is 0.0781 e. The summed E-state index contributed by atoms with van der Waals surface area (Å²) >= 11 is 0. The van der Waals surface area contributed by atoms with Crippen molar-refractivity contribution in [3.05, 3.63) is 12.2 Å². The second-order valence-corrected chi connectivity index (χ2v) is 10.3. The minimum Gasteiger partial charge on any atom is -0.391 e. The molecule has 0 aliphatic rings. The van der Waals surface area contributed by atoms with E-state index >= 15 is 0 Å². The van der Waals surface area contributed by atoms with E-state index in [0.29, 0.717) is 26.4 Å². The van der Waals surface area contributed by atoms with Gasteiger partial charge in [0.2, 0.25) is 0 Å². The molecule has 5 heteroatoms. The van der Waals surface area contributed by atoms with Crippen molar-refractivity contribution in [2.75, 3.05) is 33.0 Å². The third-order valence-corrected chi connectivity index (χ3v) is 6.01. The Labute approximate surface area is 218 Å². The molecular formula is C30H60O5. The molecule has 0 aromatic carbocycles. The Hall–Kier alpha value is -0.460. The van der Waals surface area contributed by atoms with Crippen LogP contribution in [0.3, 0.4) is 0 Å². The highest BCUT2D eigenvalue weighted by Gasteiger charge is 2.10. The van der Waals surface area contributed by atoms with Gasteiger partial charge in [-0.15, -0.1) is 0 Å². The van der Waals surface area contributed by atoms with E-state index in [1.165, 1.54) is 83.5 Å². The molecule has 4 atom stereocenters. The van der Waals surface area contributed by atoms with Crippen LogP contribution in [0.1, 0.15) is 125 Å². The first kappa shape index (κ1) is 34.5. The van der Waals surface area contributed by atoms with Crippen LogP contribution >= 0.6 is 0 Å². The van der Waals surface area contributed by atoms with Gasteiger partial charge in [-0.05, 0) is 59.8 Å². The first-order valence-corrected chi connectivity index (χ1v) is 14.7. The Kier molecular flexibility index (Phi) is 26.2. The minimum atomic E-state index is -0.448. The molecule has 35 heavy (non-hydrogen) atoms. The van der Waals surface area contributed by atoms with Crippen molar-refractivity contribution in [3.63, 3.8) is 0 Å². The Bertz CT molecular complexity index is 440. The van der Waals surface area contributed by atoms with Gasteiger partial charge in [0.25, 0.3) is 0 Å². The van der Waals surface area contributed by atoms with Gasteiger partial charge in [0.15, 0.2) is 0 Å². The van der Waals surface area contributed by atoms with Gasteiger partial charge in [-0.3, -0.25) is 0 Å². The molecule has 0 saturated heterocycles. The van der Waals surface area contributed by atoms with Gasteiger partial charge in [-0.1, -0.05) is 76.9 Å². The minimum absolute atomic E-state index is 0.00543. The standard InChI is InChI=1S/C30H60O5/c1-6-7-8-9-10-11-12-13-14-15-16-17-18-19-20-21-22-32-24-28(3)34-26-30(5)35-25-29(4)33-23-27(2)31/h13-14,27-31H,6-12,15-26H2,1-5H3. The van der Waals surface area contributed by atoms with Gasteiger partial charge in [0.1, 0.15) is 0 Å². The predicted octanol–water partition coefficient (Wildman–Crippen LogP) is 7.64. The number of aliphatic hydroxyl groups is 1. The highest BCUT2D eigenvalue weighted by atomic mass is 16.6. The summed E-state index contributed by atoms with van der Waals surface area (Å²) in [6, 6.07) is 0. The Morgan fingerprint density at radius 2 is 0.971 bits per heavy atom. The average Bonchev–Trinajstić information content (AvgIpc) is 2.84. The fraction of sp³-hybridized carbons (Fsp3) is 0.933. The number of hydrogen-bond acceptors (Lipinski definition) is 5. The van der Waals surface area contributed by atoms with Gasteiger partial charge >= 0.3 is 0 Å². The first-order chi connectivity index (χ1) is 17.0. The van der Waals surface area contributed by atoms with Crippen LogP contribution in [0.25, 0.3) is 0 Å². The van der Waals surface area contributed by atoms with Crippen molar-refractivity contribution in [3.8, 4) is 0 Å². The van der Waals surface area contributed by atoms with Gasteiger partial charge in [-0.2, -0.15) is 0 Å². The van der Waals surface area contributed by atoms with Crippen LogP contribution in [0.15, 0.2) is 12.2 Å². The molecule has 0 rings (SSSR count). The third kappa shape index (κ3) is 28.0. The summed E-state index contributed by atoms with van der Waals surface area (Å²) in [6.07, 6.45) is 22.9. The van der Waals surface area contributed by atoms with E-state index in [9.17, 15) is 5.11 Å². The molecule has 210 valence electrons. The molecule has 0 bridgehead atoms. The summed E-state index contributed by atoms with van der Waals surface area (Å²) in [5.74, 6) is 0. The number of unbranched alkanes of at least 4 members (excludes halogenated alkanes) is 12. The zero-order chi connectivity index (χ0) is 26.0. The van der Waals surface area contributed by atoms with E-state index in [0.717, 1.165) is 13.0 Å². The van der Waals surface area contributed by atoms with E-state index in [4.69, 9.17) is 18.9 Å². The van der Waals surface area contributed by atoms with E-state index < -0.39 is 6.10 Å². The van der Waals surface area contributed by atoms with Crippen LogP contribution in [0.2, 0.25) is 0 Å². The summed E-state index contributed by atoms with van der Waals surface area (Å²) in [6.45, 7) is 12.8. The highest BCUT2D eigenvalue weighted by molar-refractivity contribution is 4.81. The van der Waals surface area contributed by atoms with Crippen molar-refractivity contribution >= 4 is 0 Å². The maximum atomic E-state index is 9.24.